The largest absolute Gasteiger partial charge is 0.480 e. The molecule has 1 heterocycles. The molecule has 0 aromatic heterocycles. The first-order valence-electron chi connectivity index (χ1n) is 9.09. The van der Waals surface area contributed by atoms with E-state index in [-0.39, 0.29) is 17.9 Å². The summed E-state index contributed by atoms with van der Waals surface area (Å²) in [7, 11) is 0. The Morgan fingerprint density at radius 1 is 1.11 bits per heavy atom. The summed E-state index contributed by atoms with van der Waals surface area (Å²) in [6.07, 6.45) is 0.152. The molecule has 4 rings (SSSR count). The molecule has 1 aliphatic carbocycles. The minimum Gasteiger partial charge on any atom is -0.480 e. The van der Waals surface area contributed by atoms with Crippen LogP contribution in [-0.4, -0.2) is 45.8 Å². The first kappa shape index (κ1) is 17.9. The van der Waals surface area contributed by atoms with Gasteiger partial charge in [0.2, 0.25) is 0 Å². The van der Waals surface area contributed by atoms with E-state index in [9.17, 15) is 14.7 Å². The van der Waals surface area contributed by atoms with Crippen molar-refractivity contribution in [3.8, 4) is 11.1 Å². The molecule has 0 saturated carbocycles. The van der Waals surface area contributed by atoms with Crippen LogP contribution in [0.3, 0.4) is 0 Å². The summed E-state index contributed by atoms with van der Waals surface area (Å²) >= 11 is 1.49. The lowest BCUT2D eigenvalue weighted by molar-refractivity contribution is -0.141. The lowest BCUT2D eigenvalue weighted by Crippen LogP contribution is -2.46. The number of carboxylic acid groups (broad SMARTS) is 1. The number of benzene rings is 2. The molecule has 140 valence electrons. The predicted molar refractivity (Wildman–Crippen MR) is 105 cm³/mol. The van der Waals surface area contributed by atoms with Gasteiger partial charge in [-0.2, -0.15) is 0 Å². The number of rotatable bonds is 4. The van der Waals surface area contributed by atoms with Crippen molar-refractivity contribution in [3.63, 3.8) is 0 Å². The first-order chi connectivity index (χ1) is 13.1. The van der Waals surface area contributed by atoms with Crippen molar-refractivity contribution in [3.05, 3.63) is 59.7 Å². The summed E-state index contributed by atoms with van der Waals surface area (Å²) < 4.78 is 5.65. The number of nitrogens with zero attached hydrogens (tertiary/aromatic N) is 1. The third kappa shape index (κ3) is 3.08. The van der Waals surface area contributed by atoms with E-state index in [1.165, 1.54) is 27.8 Å². The van der Waals surface area contributed by atoms with Crippen LogP contribution >= 0.6 is 11.8 Å². The van der Waals surface area contributed by atoms with Gasteiger partial charge in [0.25, 0.3) is 0 Å². The Hall–Kier alpha value is -2.47. The van der Waals surface area contributed by atoms with Crippen molar-refractivity contribution in [1.82, 2.24) is 4.90 Å². The average Bonchev–Trinajstić information content (AvgIpc) is 3.26. The van der Waals surface area contributed by atoms with Gasteiger partial charge >= 0.3 is 12.1 Å². The molecule has 2 aromatic carbocycles. The van der Waals surface area contributed by atoms with Crippen LogP contribution in [0.4, 0.5) is 4.79 Å². The quantitative estimate of drug-likeness (QED) is 0.858. The molecule has 1 unspecified atom stereocenters. The number of carbonyl (C=O) groups is 2. The van der Waals surface area contributed by atoms with E-state index in [1.54, 1.807) is 0 Å². The third-order valence-corrected chi connectivity index (χ3v) is 6.73. The Morgan fingerprint density at radius 2 is 1.70 bits per heavy atom. The molecule has 1 saturated heterocycles. The first-order valence-corrected chi connectivity index (χ1v) is 10.1. The normalized spacial score (nSPS) is 21.0. The second kappa shape index (κ2) is 7.27. The Bertz CT molecular complexity index is 838. The SMILES string of the molecule is CCC1SC[C@H](C(=O)O)N1C(=O)OCC1c2ccccc2-c2ccccc21. The lowest BCUT2D eigenvalue weighted by atomic mass is 9.98. The Kier molecular flexibility index (Phi) is 4.83. The summed E-state index contributed by atoms with van der Waals surface area (Å²) in [4.78, 5) is 25.6. The van der Waals surface area contributed by atoms with Crippen molar-refractivity contribution in [1.29, 1.82) is 0 Å². The number of thioether (sulfide) groups is 1. The van der Waals surface area contributed by atoms with E-state index < -0.39 is 18.1 Å². The summed E-state index contributed by atoms with van der Waals surface area (Å²) in [6.45, 7) is 2.16. The van der Waals surface area contributed by atoms with Gasteiger partial charge in [-0.25, -0.2) is 9.59 Å². The van der Waals surface area contributed by atoms with E-state index >= 15 is 0 Å². The molecule has 5 nitrogen and oxygen atoms in total. The Morgan fingerprint density at radius 3 is 2.26 bits per heavy atom. The van der Waals surface area contributed by atoms with Crippen LogP contribution in [0.2, 0.25) is 0 Å². The molecule has 0 bridgehead atoms. The number of amides is 1. The smallest absolute Gasteiger partial charge is 0.411 e. The van der Waals surface area contributed by atoms with Gasteiger partial charge in [-0.3, -0.25) is 4.90 Å². The van der Waals surface area contributed by atoms with Gasteiger partial charge in [0.15, 0.2) is 0 Å². The minimum absolute atomic E-state index is 0.0278. The topological polar surface area (TPSA) is 66.8 Å². The molecule has 1 aliphatic heterocycles. The van der Waals surface area contributed by atoms with Gasteiger partial charge in [0.1, 0.15) is 12.6 Å². The van der Waals surface area contributed by atoms with Gasteiger partial charge in [0, 0.05) is 11.7 Å². The highest BCUT2D eigenvalue weighted by molar-refractivity contribution is 8.00. The standard InChI is InChI=1S/C21H21NO4S/c1-2-19-22(18(12-27-19)20(23)24)21(25)26-11-17-15-9-5-3-7-13(15)14-8-4-6-10-16(14)17/h3-10,17-19H,2,11-12H2,1H3,(H,23,24)/t18-,19?/m1/s1. The molecule has 27 heavy (non-hydrogen) atoms. The fourth-order valence-electron chi connectivity index (χ4n) is 3.98. The van der Waals surface area contributed by atoms with Crippen LogP contribution in [0, 0.1) is 0 Å². The average molecular weight is 383 g/mol. The molecule has 2 aliphatic rings. The Balaban J connectivity index is 1.55. The maximum Gasteiger partial charge on any atom is 0.411 e. The van der Waals surface area contributed by atoms with Gasteiger partial charge < -0.3 is 9.84 Å². The number of fused-ring (bicyclic) bond motifs is 3. The lowest BCUT2D eigenvalue weighted by Gasteiger charge is -2.26. The van der Waals surface area contributed by atoms with Crippen molar-refractivity contribution in [2.45, 2.75) is 30.7 Å². The second-order valence-corrected chi connectivity index (χ2v) is 7.97. The second-order valence-electron chi connectivity index (χ2n) is 6.76. The molecule has 6 heteroatoms. The molecule has 1 fully saturated rings. The number of carboxylic acids is 1. The summed E-state index contributed by atoms with van der Waals surface area (Å²) in [5, 5.41) is 9.27. The Labute approximate surface area is 162 Å². The number of carbonyl (C=O) groups excluding carboxylic acids is 1. The summed E-state index contributed by atoms with van der Waals surface area (Å²) in [5.41, 5.74) is 4.62. The maximum absolute atomic E-state index is 12.7. The molecule has 1 N–H and O–H groups in total. The number of hydrogen-bond donors (Lipinski definition) is 1. The highest BCUT2D eigenvalue weighted by Crippen LogP contribution is 2.44. The number of aliphatic carboxylic acids is 1. The van der Waals surface area contributed by atoms with Gasteiger partial charge in [0.05, 0.1) is 5.37 Å². The fourth-order valence-corrected chi connectivity index (χ4v) is 5.32. The summed E-state index contributed by atoms with van der Waals surface area (Å²) in [6, 6.07) is 15.5. The van der Waals surface area contributed by atoms with Crippen molar-refractivity contribution >= 4 is 23.8 Å². The highest BCUT2D eigenvalue weighted by atomic mass is 32.2. The number of ether oxygens (including phenoxy) is 1. The molecule has 2 aromatic rings. The molecule has 0 spiro atoms. The number of hydrogen-bond acceptors (Lipinski definition) is 4. The zero-order valence-electron chi connectivity index (χ0n) is 15.0. The van der Waals surface area contributed by atoms with Gasteiger partial charge in [-0.05, 0) is 28.7 Å². The molecule has 1 amide bonds. The molecular formula is C21H21NO4S. The molecule has 2 atom stereocenters. The summed E-state index contributed by atoms with van der Waals surface area (Å²) in [5.74, 6) is -0.607. The van der Waals surface area contributed by atoms with Crippen LogP contribution in [0.1, 0.15) is 30.4 Å². The van der Waals surface area contributed by atoms with E-state index in [4.69, 9.17) is 4.74 Å². The van der Waals surface area contributed by atoms with Gasteiger partial charge in [-0.15, -0.1) is 11.8 Å². The maximum atomic E-state index is 12.7. The zero-order valence-corrected chi connectivity index (χ0v) is 15.8. The minimum atomic E-state index is -0.980. The molecule has 0 radical (unpaired) electrons. The van der Waals surface area contributed by atoms with Crippen molar-refractivity contribution in [2.75, 3.05) is 12.4 Å². The van der Waals surface area contributed by atoms with Crippen LogP contribution in [-0.2, 0) is 9.53 Å². The van der Waals surface area contributed by atoms with E-state index in [1.807, 2.05) is 31.2 Å². The highest BCUT2D eigenvalue weighted by Gasteiger charge is 2.42. The van der Waals surface area contributed by atoms with E-state index in [0.717, 1.165) is 11.1 Å². The third-order valence-electron chi connectivity index (χ3n) is 5.27. The van der Waals surface area contributed by atoms with Crippen molar-refractivity contribution in [2.24, 2.45) is 0 Å². The van der Waals surface area contributed by atoms with Gasteiger partial charge in [-0.1, -0.05) is 55.5 Å². The van der Waals surface area contributed by atoms with E-state index in [2.05, 4.69) is 24.3 Å². The predicted octanol–water partition coefficient (Wildman–Crippen LogP) is 4.17. The van der Waals surface area contributed by atoms with Crippen LogP contribution < -0.4 is 0 Å². The van der Waals surface area contributed by atoms with Crippen LogP contribution in [0.5, 0.6) is 0 Å². The monoisotopic (exact) mass is 383 g/mol. The zero-order chi connectivity index (χ0) is 19.0. The van der Waals surface area contributed by atoms with Crippen LogP contribution in [0.25, 0.3) is 11.1 Å². The fraction of sp³-hybridized carbons (Fsp3) is 0.333. The van der Waals surface area contributed by atoms with E-state index in [0.29, 0.717) is 12.2 Å². The van der Waals surface area contributed by atoms with Crippen molar-refractivity contribution < 1.29 is 19.4 Å². The molecular weight excluding hydrogens is 362 g/mol. The van der Waals surface area contributed by atoms with Crippen LogP contribution in [0.15, 0.2) is 48.5 Å².